The van der Waals surface area contributed by atoms with Crippen molar-refractivity contribution in [3.05, 3.63) is 45.6 Å². The van der Waals surface area contributed by atoms with Crippen LogP contribution < -0.4 is 10.2 Å². The standard InChI is InChI=1S/C17H21BrN4O/c1-12-9-16(21-17(20-12)19-6-2-8-23)22-7-5-13-3-4-15(18)10-14(13)11-22/h3-4,9-10,23H,2,5-8,11H2,1H3,(H,19,20,21). The smallest absolute Gasteiger partial charge is 0.224 e. The second-order valence-corrected chi connectivity index (χ2v) is 6.70. The highest BCUT2D eigenvalue weighted by Gasteiger charge is 2.18. The summed E-state index contributed by atoms with van der Waals surface area (Å²) in [6, 6.07) is 8.52. The lowest BCUT2D eigenvalue weighted by Crippen LogP contribution is -2.31. The second kappa shape index (κ2) is 7.27. The first-order chi connectivity index (χ1) is 11.2. The summed E-state index contributed by atoms with van der Waals surface area (Å²) in [7, 11) is 0. The van der Waals surface area contributed by atoms with Crippen LogP contribution in [0.15, 0.2) is 28.7 Å². The number of benzene rings is 1. The normalized spacial score (nSPS) is 13.8. The van der Waals surface area contributed by atoms with Crippen molar-refractivity contribution in [3.8, 4) is 0 Å². The van der Waals surface area contributed by atoms with Crippen LogP contribution in [0.2, 0.25) is 0 Å². The molecule has 3 rings (SSSR count). The molecule has 0 fully saturated rings. The molecule has 0 amide bonds. The maximum atomic E-state index is 8.88. The van der Waals surface area contributed by atoms with E-state index >= 15 is 0 Å². The van der Waals surface area contributed by atoms with Gasteiger partial charge in [-0.1, -0.05) is 22.0 Å². The van der Waals surface area contributed by atoms with E-state index in [2.05, 4.69) is 54.3 Å². The van der Waals surface area contributed by atoms with Crippen molar-refractivity contribution in [2.45, 2.75) is 26.3 Å². The second-order valence-electron chi connectivity index (χ2n) is 5.78. The molecule has 0 aliphatic carbocycles. The predicted molar refractivity (Wildman–Crippen MR) is 95.9 cm³/mol. The SMILES string of the molecule is Cc1cc(N2CCc3ccc(Br)cc3C2)nc(NCCCO)n1. The number of aryl methyl sites for hydroxylation is 1. The highest BCUT2D eigenvalue weighted by atomic mass is 79.9. The number of anilines is 2. The summed E-state index contributed by atoms with van der Waals surface area (Å²) >= 11 is 3.55. The number of halogens is 1. The van der Waals surface area contributed by atoms with Gasteiger partial charge in [-0.3, -0.25) is 0 Å². The van der Waals surface area contributed by atoms with Crippen molar-refractivity contribution in [1.29, 1.82) is 0 Å². The Morgan fingerprint density at radius 3 is 2.96 bits per heavy atom. The van der Waals surface area contributed by atoms with Crippen molar-refractivity contribution in [2.75, 3.05) is 29.9 Å². The highest BCUT2D eigenvalue weighted by molar-refractivity contribution is 9.10. The van der Waals surface area contributed by atoms with Crippen molar-refractivity contribution in [2.24, 2.45) is 0 Å². The average Bonchev–Trinajstić information content (AvgIpc) is 2.54. The van der Waals surface area contributed by atoms with Crippen LogP contribution in [-0.4, -0.2) is 34.8 Å². The first-order valence-electron chi connectivity index (χ1n) is 7.88. The van der Waals surface area contributed by atoms with Gasteiger partial charge < -0.3 is 15.3 Å². The van der Waals surface area contributed by atoms with Gasteiger partial charge in [-0.05, 0) is 43.0 Å². The number of aromatic nitrogens is 2. The molecule has 122 valence electrons. The Bertz CT molecular complexity index is 692. The lowest BCUT2D eigenvalue weighted by molar-refractivity contribution is 0.292. The van der Waals surface area contributed by atoms with Gasteiger partial charge in [0.15, 0.2) is 0 Å². The van der Waals surface area contributed by atoms with Crippen molar-refractivity contribution >= 4 is 27.7 Å². The van der Waals surface area contributed by atoms with Crippen LogP contribution in [0.1, 0.15) is 23.2 Å². The van der Waals surface area contributed by atoms with E-state index < -0.39 is 0 Å². The Labute approximate surface area is 144 Å². The fraction of sp³-hybridized carbons (Fsp3) is 0.412. The molecule has 6 heteroatoms. The lowest BCUT2D eigenvalue weighted by atomic mass is 10.00. The van der Waals surface area contributed by atoms with Crippen LogP contribution in [0.5, 0.6) is 0 Å². The van der Waals surface area contributed by atoms with Gasteiger partial charge in [0.25, 0.3) is 0 Å². The molecule has 0 saturated heterocycles. The Balaban J connectivity index is 1.79. The van der Waals surface area contributed by atoms with E-state index in [1.165, 1.54) is 11.1 Å². The number of nitrogens with zero attached hydrogens (tertiary/aromatic N) is 3. The van der Waals surface area contributed by atoms with Gasteiger partial charge >= 0.3 is 0 Å². The van der Waals surface area contributed by atoms with E-state index in [9.17, 15) is 0 Å². The molecule has 0 bridgehead atoms. The van der Waals surface area contributed by atoms with E-state index in [0.29, 0.717) is 18.9 Å². The minimum Gasteiger partial charge on any atom is -0.396 e. The zero-order valence-electron chi connectivity index (χ0n) is 13.2. The largest absolute Gasteiger partial charge is 0.396 e. The summed E-state index contributed by atoms with van der Waals surface area (Å²) < 4.78 is 1.11. The van der Waals surface area contributed by atoms with Gasteiger partial charge in [0.05, 0.1) is 0 Å². The van der Waals surface area contributed by atoms with Gasteiger partial charge in [0, 0.05) is 42.5 Å². The molecule has 0 unspecified atom stereocenters. The van der Waals surface area contributed by atoms with Gasteiger partial charge in [-0.15, -0.1) is 0 Å². The zero-order valence-corrected chi connectivity index (χ0v) is 14.8. The number of nitrogens with one attached hydrogen (secondary N) is 1. The summed E-state index contributed by atoms with van der Waals surface area (Å²) in [4.78, 5) is 11.3. The van der Waals surface area contributed by atoms with E-state index in [1.807, 2.05) is 13.0 Å². The van der Waals surface area contributed by atoms with Crippen LogP contribution in [0.25, 0.3) is 0 Å². The first-order valence-corrected chi connectivity index (χ1v) is 8.67. The third kappa shape index (κ3) is 4.00. The average molecular weight is 377 g/mol. The molecule has 0 saturated carbocycles. The monoisotopic (exact) mass is 376 g/mol. The molecule has 0 spiro atoms. The summed E-state index contributed by atoms with van der Waals surface area (Å²) in [6.07, 6.45) is 1.72. The van der Waals surface area contributed by atoms with Gasteiger partial charge in [-0.25, -0.2) is 4.98 Å². The molecule has 2 heterocycles. The molecular formula is C17H21BrN4O. The molecule has 1 aromatic carbocycles. The molecule has 2 aromatic rings. The number of fused-ring (bicyclic) bond motifs is 1. The molecule has 23 heavy (non-hydrogen) atoms. The lowest BCUT2D eigenvalue weighted by Gasteiger charge is -2.30. The maximum Gasteiger partial charge on any atom is 0.224 e. The van der Waals surface area contributed by atoms with E-state index in [1.54, 1.807) is 0 Å². The van der Waals surface area contributed by atoms with Crippen LogP contribution >= 0.6 is 15.9 Å². The van der Waals surface area contributed by atoms with Crippen molar-refractivity contribution < 1.29 is 5.11 Å². The molecule has 1 aliphatic heterocycles. The van der Waals surface area contributed by atoms with Gasteiger partial charge in [0.2, 0.25) is 5.95 Å². The van der Waals surface area contributed by atoms with E-state index in [0.717, 1.165) is 35.5 Å². The van der Waals surface area contributed by atoms with Crippen LogP contribution in [0.3, 0.4) is 0 Å². The fourth-order valence-corrected chi connectivity index (χ4v) is 3.20. The fourth-order valence-electron chi connectivity index (χ4n) is 2.79. The molecule has 2 N–H and O–H groups in total. The zero-order chi connectivity index (χ0) is 16.2. The van der Waals surface area contributed by atoms with Gasteiger partial charge in [0.1, 0.15) is 5.82 Å². The quantitative estimate of drug-likeness (QED) is 0.785. The van der Waals surface area contributed by atoms with E-state index in [-0.39, 0.29) is 6.61 Å². The third-order valence-electron chi connectivity index (χ3n) is 3.96. The molecule has 0 radical (unpaired) electrons. The topological polar surface area (TPSA) is 61.3 Å². The Hall–Kier alpha value is -1.66. The molecular weight excluding hydrogens is 356 g/mol. The first kappa shape index (κ1) is 16.2. The van der Waals surface area contributed by atoms with Gasteiger partial charge in [-0.2, -0.15) is 4.98 Å². The van der Waals surface area contributed by atoms with Crippen LogP contribution in [0.4, 0.5) is 11.8 Å². The third-order valence-corrected chi connectivity index (χ3v) is 4.46. The Kier molecular flexibility index (Phi) is 5.13. The maximum absolute atomic E-state index is 8.88. The molecule has 1 aromatic heterocycles. The number of aliphatic hydroxyl groups is 1. The molecule has 5 nitrogen and oxygen atoms in total. The number of hydrogen-bond acceptors (Lipinski definition) is 5. The minimum atomic E-state index is 0.170. The summed E-state index contributed by atoms with van der Waals surface area (Å²) in [5, 5.41) is 12.1. The molecule has 0 atom stereocenters. The summed E-state index contributed by atoms with van der Waals surface area (Å²) in [5.41, 5.74) is 3.70. The Morgan fingerprint density at radius 2 is 2.13 bits per heavy atom. The summed E-state index contributed by atoms with van der Waals surface area (Å²) in [6.45, 7) is 4.65. The van der Waals surface area contributed by atoms with Crippen LogP contribution in [0, 0.1) is 6.92 Å². The summed E-state index contributed by atoms with van der Waals surface area (Å²) in [5.74, 6) is 1.59. The van der Waals surface area contributed by atoms with Crippen LogP contribution in [-0.2, 0) is 13.0 Å². The van der Waals surface area contributed by atoms with E-state index in [4.69, 9.17) is 5.11 Å². The number of hydrogen-bond donors (Lipinski definition) is 2. The minimum absolute atomic E-state index is 0.170. The Morgan fingerprint density at radius 1 is 1.26 bits per heavy atom. The molecule has 1 aliphatic rings. The predicted octanol–water partition coefficient (Wildman–Crippen LogP) is 2.90. The highest BCUT2D eigenvalue weighted by Crippen LogP contribution is 2.26. The van der Waals surface area contributed by atoms with Crippen molar-refractivity contribution in [1.82, 2.24) is 9.97 Å². The number of rotatable bonds is 5. The van der Waals surface area contributed by atoms with Crippen molar-refractivity contribution in [3.63, 3.8) is 0 Å². The number of aliphatic hydroxyl groups excluding tert-OH is 1.